The van der Waals surface area contributed by atoms with E-state index >= 15 is 0 Å². The molecule has 0 aromatic heterocycles. The van der Waals surface area contributed by atoms with Crippen molar-refractivity contribution in [2.75, 3.05) is 26.7 Å². The number of nitrogens with zero attached hydrogens (tertiary/aromatic N) is 2. The number of rotatable bonds is 2. The van der Waals surface area contributed by atoms with Crippen LogP contribution in [0.4, 0.5) is 0 Å². The lowest BCUT2D eigenvalue weighted by atomic mass is 9.75. The fraction of sp³-hybridized carbons (Fsp3) is 0.923. The maximum absolute atomic E-state index is 8.73. The van der Waals surface area contributed by atoms with Crippen molar-refractivity contribution in [1.29, 1.82) is 5.26 Å². The largest absolute Gasteiger partial charge is 0.371 e. The van der Waals surface area contributed by atoms with Crippen LogP contribution in [-0.4, -0.2) is 42.9 Å². The lowest BCUT2D eigenvalue weighted by Crippen LogP contribution is -2.45. The average molecular weight is 221 g/mol. The number of ether oxygens (including phenoxy) is 1. The number of hydrogen-bond donors (Lipinski definition) is 0. The topological polar surface area (TPSA) is 33.0 Å². The summed E-state index contributed by atoms with van der Waals surface area (Å²) in [5.74, 6) is 1.51. The van der Waals surface area contributed by atoms with Gasteiger partial charge in [-0.3, -0.25) is 0 Å². The van der Waals surface area contributed by atoms with E-state index in [2.05, 4.69) is 20.0 Å². The molecule has 1 unspecified atom stereocenters. The molecule has 5 atom stereocenters. The molecular weight excluding hydrogens is 200 g/mol. The predicted octanol–water partition coefficient (Wildman–Crippen LogP) is 1.54. The van der Waals surface area contributed by atoms with Crippen LogP contribution in [0.1, 0.15) is 26.2 Å². The van der Waals surface area contributed by atoms with Crippen LogP contribution in [0.5, 0.6) is 0 Å². The van der Waals surface area contributed by atoms with Gasteiger partial charge in [-0.2, -0.15) is 5.26 Å². The zero-order valence-electron chi connectivity index (χ0n) is 10.3. The normalized spacial score (nSPS) is 53.9. The molecule has 0 saturated carbocycles. The van der Waals surface area contributed by atoms with Crippen molar-refractivity contribution in [3.63, 3.8) is 0 Å². The van der Waals surface area contributed by atoms with Crippen LogP contribution in [-0.2, 0) is 4.74 Å². The molecule has 3 aliphatic rings. The molecule has 0 aromatic rings. The van der Waals surface area contributed by atoms with Crippen LogP contribution in [0.2, 0.25) is 0 Å². The molecule has 3 fully saturated rings. The average Bonchev–Trinajstić information content (AvgIpc) is 2.84. The summed E-state index contributed by atoms with van der Waals surface area (Å²) in [6.07, 6.45) is 3.72. The van der Waals surface area contributed by atoms with Crippen molar-refractivity contribution < 1.29 is 9.22 Å². The van der Waals surface area contributed by atoms with Gasteiger partial charge in [0, 0.05) is 11.8 Å². The second-order valence-electron chi connectivity index (χ2n) is 6.39. The Labute approximate surface area is 97.6 Å². The number of fused-ring (bicyclic) bond motifs is 5. The van der Waals surface area contributed by atoms with Crippen LogP contribution >= 0.6 is 0 Å². The Morgan fingerprint density at radius 1 is 1.50 bits per heavy atom. The van der Waals surface area contributed by atoms with Crippen molar-refractivity contribution >= 4 is 0 Å². The van der Waals surface area contributed by atoms with Gasteiger partial charge < -0.3 is 9.22 Å². The van der Waals surface area contributed by atoms with Gasteiger partial charge in [0.2, 0.25) is 0 Å². The lowest BCUT2D eigenvalue weighted by Gasteiger charge is -2.32. The molecule has 16 heavy (non-hydrogen) atoms. The summed E-state index contributed by atoms with van der Waals surface area (Å²) in [5.41, 5.74) is 0.165. The smallest absolute Gasteiger partial charge is 0.0916 e. The Morgan fingerprint density at radius 2 is 2.31 bits per heavy atom. The fourth-order valence-electron chi connectivity index (χ4n) is 4.31. The van der Waals surface area contributed by atoms with Crippen LogP contribution in [0.15, 0.2) is 0 Å². The zero-order valence-corrected chi connectivity index (χ0v) is 10.3. The van der Waals surface area contributed by atoms with Gasteiger partial charge in [-0.25, -0.2) is 0 Å². The van der Waals surface area contributed by atoms with Crippen LogP contribution in [0.25, 0.3) is 0 Å². The van der Waals surface area contributed by atoms with E-state index in [-0.39, 0.29) is 5.60 Å². The zero-order chi connectivity index (χ0) is 11.4. The van der Waals surface area contributed by atoms with Gasteiger partial charge in [0.25, 0.3) is 0 Å². The molecule has 0 amide bonds. The number of quaternary nitrogens is 1. The van der Waals surface area contributed by atoms with E-state index in [0.717, 1.165) is 22.9 Å². The van der Waals surface area contributed by atoms with Crippen LogP contribution < -0.4 is 0 Å². The first-order valence-electron chi connectivity index (χ1n) is 6.45. The van der Waals surface area contributed by atoms with Crippen LogP contribution in [0, 0.1) is 23.2 Å². The monoisotopic (exact) mass is 221 g/mol. The molecular formula is C13H21N2O+. The predicted molar refractivity (Wildman–Crippen MR) is 60.5 cm³/mol. The molecule has 3 aliphatic heterocycles. The van der Waals surface area contributed by atoms with E-state index in [9.17, 15) is 0 Å². The van der Waals surface area contributed by atoms with E-state index in [1.54, 1.807) is 0 Å². The molecule has 0 aliphatic carbocycles. The molecule has 88 valence electrons. The first-order valence-corrected chi connectivity index (χ1v) is 6.45. The summed E-state index contributed by atoms with van der Waals surface area (Å²) in [4.78, 5) is 0. The lowest BCUT2D eigenvalue weighted by molar-refractivity contribution is -0.900. The van der Waals surface area contributed by atoms with Gasteiger partial charge in [-0.1, -0.05) is 0 Å². The van der Waals surface area contributed by atoms with Crippen LogP contribution in [0.3, 0.4) is 0 Å². The van der Waals surface area contributed by atoms with Gasteiger partial charge in [0.15, 0.2) is 0 Å². The Balaban J connectivity index is 1.77. The SMILES string of the molecule is C[C@]12CC[C@@H](O1)[C@H]1C[N+](C)(CCC#N)C[C@@H]12. The van der Waals surface area contributed by atoms with Gasteiger partial charge in [-0.05, 0) is 19.8 Å². The van der Waals surface area contributed by atoms with Gasteiger partial charge in [-0.15, -0.1) is 0 Å². The Kier molecular flexibility index (Phi) is 2.12. The number of nitriles is 1. The highest BCUT2D eigenvalue weighted by molar-refractivity contribution is 5.06. The summed E-state index contributed by atoms with van der Waals surface area (Å²) >= 11 is 0. The molecule has 3 rings (SSSR count). The molecule has 3 heteroatoms. The minimum Gasteiger partial charge on any atom is -0.371 e. The summed E-state index contributed by atoms with van der Waals surface area (Å²) in [6.45, 7) is 5.77. The maximum Gasteiger partial charge on any atom is 0.0916 e. The Hall–Kier alpha value is -0.590. The van der Waals surface area contributed by atoms with Crippen molar-refractivity contribution in [3.05, 3.63) is 0 Å². The minimum atomic E-state index is 0.165. The molecule has 0 aromatic carbocycles. The van der Waals surface area contributed by atoms with E-state index in [4.69, 9.17) is 10.00 Å². The fourth-order valence-corrected chi connectivity index (χ4v) is 4.31. The highest BCUT2D eigenvalue weighted by atomic mass is 16.5. The van der Waals surface area contributed by atoms with Gasteiger partial charge >= 0.3 is 0 Å². The van der Waals surface area contributed by atoms with E-state index in [1.165, 1.54) is 25.9 Å². The molecule has 3 saturated heterocycles. The van der Waals surface area contributed by atoms with E-state index in [0.29, 0.717) is 12.5 Å². The highest BCUT2D eigenvalue weighted by Gasteiger charge is 2.63. The Morgan fingerprint density at radius 3 is 3.00 bits per heavy atom. The first-order chi connectivity index (χ1) is 7.56. The van der Waals surface area contributed by atoms with Crippen molar-refractivity contribution in [1.82, 2.24) is 0 Å². The summed E-state index contributed by atoms with van der Waals surface area (Å²) < 4.78 is 7.25. The third kappa shape index (κ3) is 1.33. The number of hydrogen-bond acceptors (Lipinski definition) is 2. The molecule has 0 radical (unpaired) electrons. The van der Waals surface area contributed by atoms with Crippen molar-refractivity contribution in [2.24, 2.45) is 11.8 Å². The minimum absolute atomic E-state index is 0.165. The second-order valence-corrected chi connectivity index (χ2v) is 6.39. The van der Waals surface area contributed by atoms with Gasteiger partial charge in [0.05, 0.1) is 50.9 Å². The quantitative estimate of drug-likeness (QED) is 0.663. The standard InChI is InChI=1S/C13H21N2O/c1-13-5-4-12(16-13)10-8-15(2,7-3-6-14)9-11(10)13/h10-12H,3-5,7-9H2,1-2H3/q+1/t10-,11-,12+,13+,15?/m0/s1. The molecule has 0 spiro atoms. The first kappa shape index (κ1) is 10.6. The third-order valence-electron chi connectivity index (χ3n) is 5.18. The van der Waals surface area contributed by atoms with E-state index in [1.807, 2.05) is 0 Å². The molecule has 2 bridgehead atoms. The maximum atomic E-state index is 8.73. The van der Waals surface area contributed by atoms with Crippen molar-refractivity contribution in [2.45, 2.75) is 37.9 Å². The third-order valence-corrected chi connectivity index (χ3v) is 5.18. The van der Waals surface area contributed by atoms with Crippen molar-refractivity contribution in [3.8, 4) is 6.07 Å². The molecule has 0 N–H and O–H groups in total. The summed E-state index contributed by atoms with van der Waals surface area (Å²) in [7, 11) is 2.32. The van der Waals surface area contributed by atoms with Gasteiger partial charge in [0.1, 0.15) is 0 Å². The highest BCUT2D eigenvalue weighted by Crippen LogP contribution is 2.55. The summed E-state index contributed by atoms with van der Waals surface area (Å²) in [6, 6.07) is 2.29. The molecule has 3 heterocycles. The Bertz CT molecular complexity index is 350. The number of likely N-dealkylation sites (tertiary alicyclic amines) is 1. The molecule has 3 nitrogen and oxygen atoms in total. The summed E-state index contributed by atoms with van der Waals surface area (Å²) in [5, 5.41) is 8.73. The van der Waals surface area contributed by atoms with E-state index < -0.39 is 0 Å². The second kappa shape index (κ2) is 3.21.